The van der Waals surface area contributed by atoms with Gasteiger partial charge in [0.25, 0.3) is 0 Å². The molecule has 0 spiro atoms. The van der Waals surface area contributed by atoms with Gasteiger partial charge in [0.2, 0.25) is 5.95 Å². The molecule has 0 aliphatic rings. The highest BCUT2D eigenvalue weighted by molar-refractivity contribution is 5.04. The summed E-state index contributed by atoms with van der Waals surface area (Å²) in [6, 6.07) is 0. The van der Waals surface area contributed by atoms with E-state index in [9.17, 15) is 0 Å². The van der Waals surface area contributed by atoms with Crippen molar-refractivity contribution in [3.8, 4) is 5.95 Å². The minimum absolute atomic E-state index is 0.616. The summed E-state index contributed by atoms with van der Waals surface area (Å²) < 4.78 is 1.44. The molecule has 0 aliphatic heterocycles. The Labute approximate surface area is 55.9 Å². The van der Waals surface area contributed by atoms with Crippen molar-refractivity contribution >= 4 is 0 Å². The van der Waals surface area contributed by atoms with Gasteiger partial charge >= 0.3 is 0 Å². The second kappa shape index (κ2) is 1.90. The summed E-state index contributed by atoms with van der Waals surface area (Å²) in [5.41, 5.74) is 0. The molecule has 0 saturated heterocycles. The second-order valence-electron chi connectivity index (χ2n) is 1.67. The zero-order valence-corrected chi connectivity index (χ0v) is 4.97. The Kier molecular flexibility index (Phi) is 0.970. The van der Waals surface area contributed by atoms with Crippen molar-refractivity contribution in [1.29, 1.82) is 0 Å². The molecule has 6 heteroatoms. The lowest BCUT2D eigenvalue weighted by atomic mass is 11.0. The molecule has 2 rings (SSSR count). The number of H-pyrrole nitrogens is 1. The first-order valence-corrected chi connectivity index (χ1v) is 2.69. The number of aromatic nitrogens is 6. The smallest absolute Gasteiger partial charge is 0.230 e. The van der Waals surface area contributed by atoms with E-state index >= 15 is 0 Å². The van der Waals surface area contributed by atoms with Crippen molar-refractivity contribution in [2.45, 2.75) is 0 Å². The van der Waals surface area contributed by atoms with Gasteiger partial charge in [-0.05, 0) is 10.4 Å². The summed E-state index contributed by atoms with van der Waals surface area (Å²) in [5.74, 6) is 0.616. The van der Waals surface area contributed by atoms with E-state index in [4.69, 9.17) is 0 Å². The van der Waals surface area contributed by atoms with Crippen LogP contribution < -0.4 is 0 Å². The number of nitrogens with one attached hydrogen (secondary N) is 1. The van der Waals surface area contributed by atoms with Gasteiger partial charge < -0.3 is 4.98 Å². The molecule has 0 aliphatic carbocycles. The Morgan fingerprint density at radius 3 is 3.10 bits per heavy atom. The number of nitrogens with zero attached hydrogens (tertiary/aromatic N) is 5. The number of hydrogen-bond acceptors (Lipinski definition) is 4. The van der Waals surface area contributed by atoms with Crippen molar-refractivity contribution < 1.29 is 0 Å². The summed E-state index contributed by atoms with van der Waals surface area (Å²) >= 11 is 0. The van der Waals surface area contributed by atoms with E-state index in [-0.39, 0.29) is 0 Å². The van der Waals surface area contributed by atoms with E-state index in [1.54, 1.807) is 12.4 Å². The van der Waals surface area contributed by atoms with E-state index in [0.717, 1.165) is 0 Å². The van der Waals surface area contributed by atoms with Gasteiger partial charge in [0.05, 0.1) is 0 Å². The molecule has 0 fully saturated rings. The molecule has 0 atom stereocenters. The zero-order valence-electron chi connectivity index (χ0n) is 4.97. The van der Waals surface area contributed by atoms with Gasteiger partial charge in [-0.3, -0.25) is 0 Å². The average molecular weight is 136 g/mol. The molecule has 50 valence electrons. The lowest BCUT2D eigenvalue weighted by Gasteiger charge is -1.87. The maximum atomic E-state index is 3.92. The maximum absolute atomic E-state index is 3.92. The Bertz CT molecular complexity index is 249. The van der Waals surface area contributed by atoms with Gasteiger partial charge in [-0.15, -0.1) is 5.10 Å². The largest absolute Gasteiger partial charge is 0.329 e. The van der Waals surface area contributed by atoms with Crippen molar-refractivity contribution in [1.82, 2.24) is 30.2 Å². The fourth-order valence-corrected chi connectivity index (χ4v) is 0.641. The first kappa shape index (κ1) is 5.10. The quantitative estimate of drug-likeness (QED) is 0.567. The zero-order chi connectivity index (χ0) is 6.81. The van der Waals surface area contributed by atoms with E-state index in [1.165, 1.54) is 11.0 Å². The Balaban J connectivity index is 2.48. The summed E-state index contributed by atoms with van der Waals surface area (Å²) in [7, 11) is 0. The lowest BCUT2D eigenvalue weighted by molar-refractivity contribution is 0.757. The van der Waals surface area contributed by atoms with E-state index in [0.29, 0.717) is 5.95 Å². The fourth-order valence-electron chi connectivity index (χ4n) is 0.641. The minimum Gasteiger partial charge on any atom is -0.329 e. The van der Waals surface area contributed by atoms with Gasteiger partial charge in [-0.25, -0.2) is 4.98 Å². The van der Waals surface area contributed by atoms with Crippen LogP contribution in [0.2, 0.25) is 0 Å². The van der Waals surface area contributed by atoms with Crippen LogP contribution >= 0.6 is 0 Å². The molecule has 2 aromatic heterocycles. The van der Waals surface area contributed by atoms with Crippen LogP contribution in [0.1, 0.15) is 0 Å². The first-order chi connectivity index (χ1) is 4.97. The van der Waals surface area contributed by atoms with Crippen LogP contribution in [-0.4, -0.2) is 30.2 Å². The van der Waals surface area contributed by atoms with Crippen LogP contribution in [0.5, 0.6) is 0 Å². The topological polar surface area (TPSA) is 72.3 Å². The van der Waals surface area contributed by atoms with Crippen LogP contribution in [0.4, 0.5) is 0 Å². The van der Waals surface area contributed by atoms with Crippen molar-refractivity contribution in [2.75, 3.05) is 0 Å². The lowest BCUT2D eigenvalue weighted by Crippen LogP contribution is -1.96. The van der Waals surface area contributed by atoms with Crippen LogP contribution in [0.25, 0.3) is 5.95 Å². The Morgan fingerprint density at radius 1 is 1.50 bits per heavy atom. The van der Waals surface area contributed by atoms with Crippen LogP contribution in [0.3, 0.4) is 0 Å². The molecule has 10 heavy (non-hydrogen) atoms. The first-order valence-electron chi connectivity index (χ1n) is 2.69. The van der Waals surface area contributed by atoms with Gasteiger partial charge in [0.1, 0.15) is 6.33 Å². The van der Waals surface area contributed by atoms with Crippen LogP contribution in [0.15, 0.2) is 18.7 Å². The molecule has 0 amide bonds. The third-order valence-corrected chi connectivity index (χ3v) is 1.05. The molecule has 0 unspecified atom stereocenters. The molecule has 0 aromatic carbocycles. The van der Waals surface area contributed by atoms with Gasteiger partial charge in [-0.2, -0.15) is 4.68 Å². The van der Waals surface area contributed by atoms with Gasteiger partial charge in [0, 0.05) is 12.4 Å². The van der Waals surface area contributed by atoms with Crippen molar-refractivity contribution in [3.05, 3.63) is 18.7 Å². The third-order valence-electron chi connectivity index (χ3n) is 1.05. The van der Waals surface area contributed by atoms with E-state index in [2.05, 4.69) is 25.5 Å². The molecule has 1 N–H and O–H groups in total. The molecule has 0 bridgehead atoms. The molecular formula is C4H4N6. The number of imidazole rings is 1. The van der Waals surface area contributed by atoms with Gasteiger partial charge in [-0.1, -0.05) is 0 Å². The molecule has 0 radical (unpaired) electrons. The summed E-state index contributed by atoms with van der Waals surface area (Å²) in [6.07, 6.45) is 4.81. The standard InChI is InChI=1S/C4H4N6/c1-2-6-4(5-1)10-3-7-8-9-10/h1-3H,(H,5,6). The normalized spacial score (nSPS) is 10.0. The number of tetrazole rings is 1. The molecule has 0 saturated carbocycles. The predicted molar refractivity (Wildman–Crippen MR) is 31.3 cm³/mol. The highest BCUT2D eigenvalue weighted by Gasteiger charge is 1.96. The minimum atomic E-state index is 0.616. The third kappa shape index (κ3) is 0.661. The number of aromatic amines is 1. The second-order valence-corrected chi connectivity index (χ2v) is 1.67. The molecule has 2 heterocycles. The SMILES string of the molecule is c1c[nH]c(-n2cnnn2)n1. The summed E-state index contributed by atoms with van der Waals surface area (Å²) in [4.78, 5) is 6.77. The fraction of sp³-hybridized carbons (Fsp3) is 0. The predicted octanol–water partition coefficient (Wildman–Crippen LogP) is -0.615. The average Bonchev–Trinajstić information content (AvgIpc) is 2.59. The maximum Gasteiger partial charge on any atom is 0.230 e. The Hall–Kier alpha value is -1.72. The molecular weight excluding hydrogens is 132 g/mol. The summed E-state index contributed by atoms with van der Waals surface area (Å²) in [5, 5.41) is 10.5. The van der Waals surface area contributed by atoms with Crippen molar-refractivity contribution in [3.63, 3.8) is 0 Å². The highest BCUT2D eigenvalue weighted by atomic mass is 15.5. The summed E-state index contributed by atoms with van der Waals surface area (Å²) in [6.45, 7) is 0. The molecule has 6 nitrogen and oxygen atoms in total. The number of rotatable bonds is 1. The highest BCUT2D eigenvalue weighted by Crippen LogP contribution is 1.91. The van der Waals surface area contributed by atoms with E-state index < -0.39 is 0 Å². The van der Waals surface area contributed by atoms with Crippen LogP contribution in [0, 0.1) is 0 Å². The number of hydrogen-bond donors (Lipinski definition) is 1. The van der Waals surface area contributed by atoms with Crippen molar-refractivity contribution in [2.24, 2.45) is 0 Å². The monoisotopic (exact) mass is 136 g/mol. The molecule has 2 aromatic rings. The van der Waals surface area contributed by atoms with Gasteiger partial charge in [0.15, 0.2) is 0 Å². The van der Waals surface area contributed by atoms with Crippen LogP contribution in [-0.2, 0) is 0 Å². The van der Waals surface area contributed by atoms with E-state index in [1.807, 2.05) is 0 Å². The Morgan fingerprint density at radius 2 is 2.50 bits per heavy atom.